The van der Waals surface area contributed by atoms with Gasteiger partial charge in [0.15, 0.2) is 0 Å². The molecule has 0 atom stereocenters. The van der Waals surface area contributed by atoms with E-state index in [0.29, 0.717) is 29.4 Å². The van der Waals surface area contributed by atoms with Gasteiger partial charge >= 0.3 is 6.03 Å². The van der Waals surface area contributed by atoms with Gasteiger partial charge in [-0.25, -0.2) is 4.79 Å². The van der Waals surface area contributed by atoms with E-state index in [4.69, 9.17) is 15.2 Å². The maximum atomic E-state index is 12.0. The van der Waals surface area contributed by atoms with Crippen LogP contribution in [0.5, 0.6) is 11.5 Å². The molecule has 0 saturated heterocycles. The van der Waals surface area contributed by atoms with Gasteiger partial charge in [0.05, 0.1) is 19.4 Å². The van der Waals surface area contributed by atoms with Crippen molar-refractivity contribution in [1.29, 1.82) is 0 Å². The molecule has 2 aromatic rings. The van der Waals surface area contributed by atoms with Gasteiger partial charge in [0.25, 0.3) is 0 Å². The number of carbonyl (C=O) groups excluding carboxylic acids is 1. The molecule has 2 rings (SSSR count). The van der Waals surface area contributed by atoms with Crippen molar-refractivity contribution >= 4 is 23.1 Å². The standard InChI is InChI=1S/C16H19N3O3/c1-3-22-15-10-12(6-9-14(15)17)19-16(20)18-11-4-7-13(21-2)8-5-11/h4-10H,3,17H2,1-2H3,(H2,18,19,20). The number of hydrogen-bond acceptors (Lipinski definition) is 4. The topological polar surface area (TPSA) is 85.6 Å². The number of anilines is 3. The largest absolute Gasteiger partial charge is 0.497 e. The molecule has 2 amide bonds. The number of hydrogen-bond donors (Lipinski definition) is 3. The molecule has 6 heteroatoms. The highest BCUT2D eigenvalue weighted by Gasteiger charge is 2.06. The molecule has 0 spiro atoms. The summed E-state index contributed by atoms with van der Waals surface area (Å²) in [5.41, 5.74) is 7.59. The number of nitrogens with one attached hydrogen (secondary N) is 2. The van der Waals surface area contributed by atoms with Crippen molar-refractivity contribution in [2.24, 2.45) is 0 Å². The quantitative estimate of drug-likeness (QED) is 0.739. The van der Waals surface area contributed by atoms with Crippen molar-refractivity contribution < 1.29 is 14.3 Å². The van der Waals surface area contributed by atoms with Crippen LogP contribution in [0.2, 0.25) is 0 Å². The van der Waals surface area contributed by atoms with Crippen molar-refractivity contribution in [1.82, 2.24) is 0 Å². The van der Waals surface area contributed by atoms with Crippen molar-refractivity contribution in [3.8, 4) is 11.5 Å². The third-order valence-corrected chi connectivity index (χ3v) is 2.92. The molecule has 22 heavy (non-hydrogen) atoms. The molecule has 0 aliphatic rings. The molecule has 4 N–H and O–H groups in total. The van der Waals surface area contributed by atoms with Crippen LogP contribution in [-0.2, 0) is 0 Å². The van der Waals surface area contributed by atoms with Crippen LogP contribution in [0.15, 0.2) is 42.5 Å². The molecule has 0 heterocycles. The van der Waals surface area contributed by atoms with E-state index in [0.717, 1.165) is 5.75 Å². The van der Waals surface area contributed by atoms with Crippen LogP contribution in [0.3, 0.4) is 0 Å². The van der Waals surface area contributed by atoms with E-state index in [1.54, 1.807) is 49.6 Å². The van der Waals surface area contributed by atoms with Crippen LogP contribution in [0.4, 0.5) is 21.9 Å². The summed E-state index contributed by atoms with van der Waals surface area (Å²) in [5, 5.41) is 5.46. The van der Waals surface area contributed by atoms with Crippen molar-refractivity contribution in [2.75, 3.05) is 30.1 Å². The van der Waals surface area contributed by atoms with Crippen LogP contribution in [0.25, 0.3) is 0 Å². The second kappa shape index (κ2) is 7.21. The van der Waals surface area contributed by atoms with Gasteiger partial charge in [0.1, 0.15) is 11.5 Å². The molecule has 0 radical (unpaired) electrons. The third-order valence-electron chi connectivity index (χ3n) is 2.92. The van der Waals surface area contributed by atoms with Gasteiger partial charge in [-0.05, 0) is 43.3 Å². The fraction of sp³-hybridized carbons (Fsp3) is 0.188. The molecular formula is C16H19N3O3. The average Bonchev–Trinajstić information content (AvgIpc) is 2.51. The van der Waals surface area contributed by atoms with Gasteiger partial charge in [-0.3, -0.25) is 0 Å². The first-order valence-electron chi connectivity index (χ1n) is 6.86. The van der Waals surface area contributed by atoms with Crippen molar-refractivity contribution in [2.45, 2.75) is 6.92 Å². The van der Waals surface area contributed by atoms with Gasteiger partial charge in [0.2, 0.25) is 0 Å². The lowest BCUT2D eigenvalue weighted by Crippen LogP contribution is -2.19. The van der Waals surface area contributed by atoms with Crippen LogP contribution < -0.4 is 25.8 Å². The zero-order valence-corrected chi connectivity index (χ0v) is 12.6. The first-order chi connectivity index (χ1) is 10.6. The minimum Gasteiger partial charge on any atom is -0.497 e. The number of ether oxygens (including phenoxy) is 2. The predicted octanol–water partition coefficient (Wildman–Crippen LogP) is 3.32. The van der Waals surface area contributed by atoms with E-state index >= 15 is 0 Å². The fourth-order valence-corrected chi connectivity index (χ4v) is 1.86. The Labute approximate surface area is 129 Å². The Bertz CT molecular complexity index is 642. The molecule has 0 bridgehead atoms. The smallest absolute Gasteiger partial charge is 0.323 e. The van der Waals surface area contributed by atoms with Crippen LogP contribution in [0, 0.1) is 0 Å². The molecule has 0 aliphatic carbocycles. The Kier molecular flexibility index (Phi) is 5.08. The second-order valence-corrected chi connectivity index (χ2v) is 4.49. The number of benzene rings is 2. The first kappa shape index (κ1) is 15.5. The average molecular weight is 301 g/mol. The second-order valence-electron chi connectivity index (χ2n) is 4.49. The lowest BCUT2D eigenvalue weighted by atomic mass is 10.2. The van der Waals surface area contributed by atoms with Gasteiger partial charge in [-0.1, -0.05) is 0 Å². The summed E-state index contributed by atoms with van der Waals surface area (Å²) in [4.78, 5) is 12.0. The highest BCUT2D eigenvalue weighted by Crippen LogP contribution is 2.25. The fourth-order valence-electron chi connectivity index (χ4n) is 1.86. The molecular weight excluding hydrogens is 282 g/mol. The molecule has 2 aromatic carbocycles. The molecule has 116 valence electrons. The minimum atomic E-state index is -0.350. The van der Waals surface area contributed by atoms with E-state index in [9.17, 15) is 4.79 Å². The molecule has 6 nitrogen and oxygen atoms in total. The lowest BCUT2D eigenvalue weighted by Gasteiger charge is -2.11. The van der Waals surface area contributed by atoms with E-state index < -0.39 is 0 Å². The minimum absolute atomic E-state index is 0.350. The lowest BCUT2D eigenvalue weighted by molar-refractivity contribution is 0.262. The Balaban J connectivity index is 2.00. The maximum absolute atomic E-state index is 12.0. The number of rotatable bonds is 5. The van der Waals surface area contributed by atoms with Gasteiger partial charge in [-0.2, -0.15) is 0 Å². The van der Waals surface area contributed by atoms with E-state index in [1.807, 2.05) is 6.92 Å². The number of methoxy groups -OCH3 is 1. The number of amides is 2. The monoisotopic (exact) mass is 301 g/mol. The summed E-state index contributed by atoms with van der Waals surface area (Å²) in [6.45, 7) is 2.38. The number of carbonyl (C=O) groups is 1. The molecule has 0 aromatic heterocycles. The number of nitrogen functional groups attached to an aromatic ring is 1. The summed E-state index contributed by atoms with van der Waals surface area (Å²) < 4.78 is 10.5. The van der Waals surface area contributed by atoms with Crippen LogP contribution >= 0.6 is 0 Å². The zero-order valence-electron chi connectivity index (χ0n) is 12.6. The molecule has 0 saturated carbocycles. The Morgan fingerprint density at radius 1 is 1.09 bits per heavy atom. The van der Waals surface area contributed by atoms with E-state index in [1.165, 1.54) is 0 Å². The third kappa shape index (κ3) is 4.05. The number of nitrogens with two attached hydrogens (primary N) is 1. The first-order valence-corrected chi connectivity index (χ1v) is 6.86. The predicted molar refractivity (Wildman–Crippen MR) is 87.7 cm³/mol. The van der Waals surface area contributed by atoms with Gasteiger partial charge in [-0.15, -0.1) is 0 Å². The molecule has 0 fully saturated rings. The Hall–Kier alpha value is -2.89. The van der Waals surface area contributed by atoms with Crippen LogP contribution in [-0.4, -0.2) is 19.7 Å². The highest BCUT2D eigenvalue weighted by atomic mass is 16.5. The maximum Gasteiger partial charge on any atom is 0.323 e. The van der Waals surface area contributed by atoms with Crippen molar-refractivity contribution in [3.63, 3.8) is 0 Å². The summed E-state index contributed by atoms with van der Waals surface area (Å²) in [7, 11) is 1.59. The summed E-state index contributed by atoms with van der Waals surface area (Å²) in [5.74, 6) is 1.27. The Morgan fingerprint density at radius 3 is 2.36 bits per heavy atom. The van der Waals surface area contributed by atoms with Gasteiger partial charge < -0.3 is 25.8 Å². The summed E-state index contributed by atoms with van der Waals surface area (Å²) in [6, 6.07) is 11.8. The number of urea groups is 1. The molecule has 0 aliphatic heterocycles. The Morgan fingerprint density at radius 2 is 1.73 bits per heavy atom. The zero-order chi connectivity index (χ0) is 15.9. The highest BCUT2D eigenvalue weighted by molar-refractivity contribution is 6.00. The molecule has 0 unspecified atom stereocenters. The van der Waals surface area contributed by atoms with Crippen molar-refractivity contribution in [3.05, 3.63) is 42.5 Å². The summed E-state index contributed by atoms with van der Waals surface area (Å²) >= 11 is 0. The van der Waals surface area contributed by atoms with E-state index in [2.05, 4.69) is 10.6 Å². The SMILES string of the molecule is CCOc1cc(NC(=O)Nc2ccc(OC)cc2)ccc1N. The van der Waals surface area contributed by atoms with Crippen LogP contribution in [0.1, 0.15) is 6.92 Å². The van der Waals surface area contributed by atoms with Gasteiger partial charge in [0, 0.05) is 17.4 Å². The normalized spacial score (nSPS) is 9.91. The van der Waals surface area contributed by atoms with E-state index in [-0.39, 0.29) is 6.03 Å². The summed E-state index contributed by atoms with van der Waals surface area (Å²) in [6.07, 6.45) is 0.